The SMILES string of the molecule is C=CCOC(C)OP(=O)(O)O. The van der Waals surface area contributed by atoms with Crippen LogP contribution in [0.5, 0.6) is 0 Å². The van der Waals surface area contributed by atoms with Crippen LogP contribution in [0.4, 0.5) is 0 Å². The lowest BCUT2D eigenvalue weighted by Crippen LogP contribution is -2.10. The molecule has 0 spiro atoms. The number of phosphoric acid groups is 1. The van der Waals surface area contributed by atoms with Crippen molar-refractivity contribution in [2.24, 2.45) is 0 Å². The Morgan fingerprint density at radius 2 is 2.27 bits per heavy atom. The van der Waals surface area contributed by atoms with E-state index in [1.54, 1.807) is 0 Å². The van der Waals surface area contributed by atoms with E-state index in [1.807, 2.05) is 0 Å². The van der Waals surface area contributed by atoms with Gasteiger partial charge in [-0.25, -0.2) is 4.57 Å². The molecule has 0 saturated carbocycles. The molecule has 0 amide bonds. The van der Waals surface area contributed by atoms with Gasteiger partial charge in [-0.2, -0.15) is 0 Å². The van der Waals surface area contributed by atoms with Crippen molar-refractivity contribution in [3.05, 3.63) is 12.7 Å². The third kappa shape index (κ3) is 7.71. The van der Waals surface area contributed by atoms with Crippen LogP contribution in [0.15, 0.2) is 12.7 Å². The van der Waals surface area contributed by atoms with Crippen LogP contribution in [0, 0.1) is 0 Å². The van der Waals surface area contributed by atoms with E-state index in [-0.39, 0.29) is 6.61 Å². The summed E-state index contributed by atoms with van der Waals surface area (Å²) in [5.74, 6) is 0. The fourth-order valence-electron chi connectivity index (χ4n) is 0.427. The van der Waals surface area contributed by atoms with E-state index in [0.717, 1.165) is 0 Å². The first-order chi connectivity index (χ1) is 4.95. The van der Waals surface area contributed by atoms with Gasteiger partial charge in [-0.3, -0.25) is 4.52 Å². The molecule has 6 heteroatoms. The predicted octanol–water partition coefficient (Wildman–Crippen LogP) is 0.644. The zero-order valence-electron chi connectivity index (χ0n) is 6.14. The Hall–Kier alpha value is -0.190. The van der Waals surface area contributed by atoms with Crippen molar-refractivity contribution in [3.63, 3.8) is 0 Å². The highest BCUT2D eigenvalue weighted by molar-refractivity contribution is 7.46. The van der Waals surface area contributed by atoms with Crippen LogP contribution >= 0.6 is 7.82 Å². The lowest BCUT2D eigenvalue weighted by Gasteiger charge is -2.12. The van der Waals surface area contributed by atoms with Crippen molar-refractivity contribution in [3.8, 4) is 0 Å². The Morgan fingerprint density at radius 1 is 1.73 bits per heavy atom. The first-order valence-electron chi connectivity index (χ1n) is 2.92. The van der Waals surface area contributed by atoms with Crippen LogP contribution in [0.1, 0.15) is 6.92 Å². The summed E-state index contributed by atoms with van der Waals surface area (Å²) >= 11 is 0. The minimum absolute atomic E-state index is 0.196. The molecule has 66 valence electrons. The van der Waals surface area contributed by atoms with Crippen molar-refractivity contribution in [1.82, 2.24) is 0 Å². The highest BCUT2D eigenvalue weighted by atomic mass is 31.2. The molecule has 0 aliphatic rings. The second-order valence-corrected chi connectivity index (χ2v) is 2.98. The van der Waals surface area contributed by atoms with Crippen LogP contribution in [0.25, 0.3) is 0 Å². The molecule has 1 unspecified atom stereocenters. The van der Waals surface area contributed by atoms with Crippen molar-refractivity contribution < 1.29 is 23.6 Å². The molecule has 5 nitrogen and oxygen atoms in total. The highest BCUT2D eigenvalue weighted by Gasteiger charge is 2.18. The van der Waals surface area contributed by atoms with Gasteiger partial charge in [0, 0.05) is 0 Å². The molecule has 1 atom stereocenters. The number of hydrogen-bond acceptors (Lipinski definition) is 3. The molecule has 0 aliphatic heterocycles. The molecule has 0 aromatic heterocycles. The lowest BCUT2D eigenvalue weighted by molar-refractivity contribution is -0.0687. The monoisotopic (exact) mass is 182 g/mol. The summed E-state index contributed by atoms with van der Waals surface area (Å²) in [6.07, 6.45) is 0.535. The molecule has 2 N–H and O–H groups in total. The van der Waals surface area contributed by atoms with Crippen LogP contribution in [0.3, 0.4) is 0 Å². The lowest BCUT2D eigenvalue weighted by atomic mass is 10.7. The zero-order chi connectivity index (χ0) is 8.91. The number of ether oxygens (including phenoxy) is 1. The summed E-state index contributed by atoms with van der Waals surface area (Å²) in [5, 5.41) is 0. The van der Waals surface area contributed by atoms with Crippen molar-refractivity contribution in [2.75, 3.05) is 6.61 Å². The van der Waals surface area contributed by atoms with E-state index in [4.69, 9.17) is 14.5 Å². The molecule has 0 rings (SSSR count). The molecule has 0 fully saturated rings. The minimum Gasteiger partial charge on any atom is -0.348 e. The largest absolute Gasteiger partial charge is 0.471 e. The summed E-state index contributed by atoms with van der Waals surface area (Å²) in [5.41, 5.74) is 0. The zero-order valence-corrected chi connectivity index (χ0v) is 7.03. The smallest absolute Gasteiger partial charge is 0.348 e. The summed E-state index contributed by atoms with van der Waals surface area (Å²) in [6, 6.07) is 0. The molecule has 0 aliphatic carbocycles. The molecule has 0 saturated heterocycles. The first-order valence-corrected chi connectivity index (χ1v) is 4.45. The van der Waals surface area contributed by atoms with E-state index >= 15 is 0 Å². The van der Waals surface area contributed by atoms with Crippen molar-refractivity contribution in [1.29, 1.82) is 0 Å². The van der Waals surface area contributed by atoms with Gasteiger partial charge in [0.1, 0.15) is 0 Å². The average Bonchev–Trinajstić information content (AvgIpc) is 1.79. The second kappa shape index (κ2) is 4.64. The van der Waals surface area contributed by atoms with E-state index in [2.05, 4.69) is 11.1 Å². The number of rotatable bonds is 5. The van der Waals surface area contributed by atoms with E-state index in [9.17, 15) is 4.57 Å². The molecule has 0 heterocycles. The second-order valence-electron chi connectivity index (χ2n) is 1.79. The normalized spacial score (nSPS) is 14.5. The molecular formula is C5H11O5P. The third-order valence-electron chi connectivity index (χ3n) is 0.735. The van der Waals surface area contributed by atoms with Gasteiger partial charge in [0.05, 0.1) is 6.61 Å². The summed E-state index contributed by atoms with van der Waals surface area (Å²) in [7, 11) is -4.42. The standard InChI is InChI=1S/C5H11O5P/c1-3-4-9-5(2)10-11(6,7)8/h3,5H,1,4H2,2H3,(H2,6,7,8). The van der Waals surface area contributed by atoms with Crippen LogP contribution < -0.4 is 0 Å². The average molecular weight is 182 g/mol. The van der Waals surface area contributed by atoms with Crippen LogP contribution in [-0.4, -0.2) is 22.7 Å². The fraction of sp³-hybridized carbons (Fsp3) is 0.600. The van der Waals surface area contributed by atoms with Gasteiger partial charge in [-0.1, -0.05) is 6.08 Å². The van der Waals surface area contributed by atoms with Gasteiger partial charge in [-0.05, 0) is 6.92 Å². The number of hydrogen-bond donors (Lipinski definition) is 2. The van der Waals surface area contributed by atoms with E-state index in [1.165, 1.54) is 13.0 Å². The Morgan fingerprint density at radius 3 is 2.64 bits per heavy atom. The molecule has 0 radical (unpaired) electrons. The van der Waals surface area contributed by atoms with Crippen molar-refractivity contribution in [2.45, 2.75) is 13.2 Å². The highest BCUT2D eigenvalue weighted by Crippen LogP contribution is 2.37. The van der Waals surface area contributed by atoms with Crippen LogP contribution in [0.2, 0.25) is 0 Å². The topological polar surface area (TPSA) is 76.0 Å². The van der Waals surface area contributed by atoms with Gasteiger partial charge < -0.3 is 14.5 Å². The Kier molecular flexibility index (Phi) is 4.56. The predicted molar refractivity (Wildman–Crippen MR) is 38.7 cm³/mol. The number of phosphoric ester groups is 1. The summed E-state index contributed by atoms with van der Waals surface area (Å²) in [6.45, 7) is 4.94. The van der Waals surface area contributed by atoms with Crippen LogP contribution in [-0.2, 0) is 13.8 Å². The fourth-order valence-corrected chi connectivity index (χ4v) is 0.875. The quantitative estimate of drug-likeness (QED) is 0.370. The van der Waals surface area contributed by atoms with Gasteiger partial charge in [0.25, 0.3) is 0 Å². The maximum atomic E-state index is 10.2. The summed E-state index contributed by atoms with van der Waals surface area (Å²) < 4.78 is 19.0. The molecular weight excluding hydrogens is 171 g/mol. The Balaban J connectivity index is 3.60. The maximum absolute atomic E-state index is 10.2. The minimum atomic E-state index is -4.42. The van der Waals surface area contributed by atoms with Crippen molar-refractivity contribution >= 4 is 7.82 Å². The first kappa shape index (κ1) is 10.8. The van der Waals surface area contributed by atoms with Gasteiger partial charge in [0.2, 0.25) is 0 Å². The van der Waals surface area contributed by atoms with Gasteiger partial charge in [-0.15, -0.1) is 6.58 Å². The molecule has 11 heavy (non-hydrogen) atoms. The molecule has 0 bridgehead atoms. The van der Waals surface area contributed by atoms with E-state index in [0.29, 0.717) is 0 Å². The Bertz CT molecular complexity index is 162. The van der Waals surface area contributed by atoms with Gasteiger partial charge >= 0.3 is 7.82 Å². The van der Waals surface area contributed by atoms with Gasteiger partial charge in [0.15, 0.2) is 6.29 Å². The Labute approximate surface area is 64.9 Å². The summed E-state index contributed by atoms with van der Waals surface area (Å²) in [4.78, 5) is 16.5. The third-order valence-corrected chi connectivity index (χ3v) is 1.31. The molecule has 0 aromatic rings. The molecule has 0 aromatic carbocycles. The maximum Gasteiger partial charge on any atom is 0.471 e. The van der Waals surface area contributed by atoms with E-state index < -0.39 is 14.1 Å².